The van der Waals surface area contributed by atoms with Crippen LogP contribution >= 0.6 is 22.6 Å². The Balaban J connectivity index is 2.48. The summed E-state index contributed by atoms with van der Waals surface area (Å²) in [6.07, 6.45) is 0. The SMILES string of the molecule is CCOC(=O)C1=C(C)NC(=O)N[C@@H]1c1ccccc1I. The van der Waals surface area contributed by atoms with Crippen LogP contribution in [0.5, 0.6) is 0 Å². The molecule has 0 spiro atoms. The highest BCUT2D eigenvalue weighted by Crippen LogP contribution is 2.30. The maximum absolute atomic E-state index is 12.1. The molecular formula is C14H15IN2O3. The molecule has 0 aromatic heterocycles. The van der Waals surface area contributed by atoms with Crippen LogP contribution in [0.25, 0.3) is 0 Å². The van der Waals surface area contributed by atoms with Gasteiger partial charge in [0.15, 0.2) is 0 Å². The number of ether oxygens (including phenoxy) is 1. The minimum atomic E-state index is -0.490. The molecule has 1 aliphatic heterocycles. The molecular weight excluding hydrogens is 371 g/mol. The summed E-state index contributed by atoms with van der Waals surface area (Å²) in [5.74, 6) is -0.415. The van der Waals surface area contributed by atoms with Gasteiger partial charge in [0, 0.05) is 9.27 Å². The molecule has 20 heavy (non-hydrogen) atoms. The zero-order valence-electron chi connectivity index (χ0n) is 11.2. The lowest BCUT2D eigenvalue weighted by Gasteiger charge is -2.28. The number of rotatable bonds is 3. The van der Waals surface area contributed by atoms with Crippen LogP contribution in [0.2, 0.25) is 0 Å². The Morgan fingerprint density at radius 1 is 1.40 bits per heavy atom. The summed E-state index contributed by atoms with van der Waals surface area (Å²) in [7, 11) is 0. The third kappa shape index (κ3) is 2.95. The molecule has 0 aliphatic carbocycles. The Labute approximate surface area is 130 Å². The average molecular weight is 386 g/mol. The molecule has 0 radical (unpaired) electrons. The molecule has 2 rings (SSSR count). The van der Waals surface area contributed by atoms with E-state index in [0.717, 1.165) is 9.13 Å². The lowest BCUT2D eigenvalue weighted by atomic mass is 9.96. The van der Waals surface area contributed by atoms with Gasteiger partial charge in [-0.2, -0.15) is 0 Å². The molecule has 1 aromatic rings. The summed E-state index contributed by atoms with van der Waals surface area (Å²) in [5, 5.41) is 5.39. The van der Waals surface area contributed by atoms with Gasteiger partial charge >= 0.3 is 12.0 Å². The zero-order chi connectivity index (χ0) is 14.7. The third-order valence-corrected chi connectivity index (χ3v) is 3.96. The number of carbonyl (C=O) groups excluding carboxylic acids is 2. The highest BCUT2D eigenvalue weighted by Gasteiger charge is 2.32. The predicted octanol–water partition coefficient (Wildman–Crippen LogP) is 2.48. The van der Waals surface area contributed by atoms with Crippen molar-refractivity contribution in [1.29, 1.82) is 0 Å². The normalized spacial score (nSPS) is 18.4. The van der Waals surface area contributed by atoms with Crippen LogP contribution in [0.3, 0.4) is 0 Å². The molecule has 0 bridgehead atoms. The Kier molecular flexibility index (Phi) is 4.64. The van der Waals surface area contributed by atoms with E-state index in [4.69, 9.17) is 4.74 Å². The topological polar surface area (TPSA) is 67.4 Å². The molecule has 1 atom stereocenters. The van der Waals surface area contributed by atoms with Crippen molar-refractivity contribution in [3.8, 4) is 0 Å². The smallest absolute Gasteiger partial charge is 0.338 e. The van der Waals surface area contributed by atoms with E-state index < -0.39 is 12.0 Å². The van der Waals surface area contributed by atoms with Gasteiger partial charge < -0.3 is 15.4 Å². The molecule has 0 fully saturated rings. The molecule has 5 nitrogen and oxygen atoms in total. The first-order valence-electron chi connectivity index (χ1n) is 6.24. The fourth-order valence-corrected chi connectivity index (χ4v) is 2.81. The second kappa shape index (κ2) is 6.25. The molecule has 1 aromatic carbocycles. The van der Waals surface area contributed by atoms with Gasteiger partial charge in [-0.25, -0.2) is 9.59 Å². The van der Waals surface area contributed by atoms with Crippen LogP contribution in [0.4, 0.5) is 4.79 Å². The Morgan fingerprint density at radius 3 is 2.75 bits per heavy atom. The van der Waals surface area contributed by atoms with E-state index in [1.807, 2.05) is 24.3 Å². The van der Waals surface area contributed by atoms with E-state index in [1.54, 1.807) is 13.8 Å². The minimum absolute atomic E-state index is 0.294. The van der Waals surface area contributed by atoms with Crippen molar-refractivity contribution in [2.75, 3.05) is 6.61 Å². The Bertz CT molecular complexity index is 584. The highest BCUT2D eigenvalue weighted by atomic mass is 127. The number of esters is 1. The number of halogens is 1. The van der Waals surface area contributed by atoms with Gasteiger partial charge in [-0.05, 0) is 48.1 Å². The van der Waals surface area contributed by atoms with Gasteiger partial charge in [-0.3, -0.25) is 0 Å². The fraction of sp³-hybridized carbons (Fsp3) is 0.286. The first kappa shape index (κ1) is 14.8. The van der Waals surface area contributed by atoms with Gasteiger partial charge in [-0.15, -0.1) is 0 Å². The average Bonchev–Trinajstić information content (AvgIpc) is 2.38. The highest BCUT2D eigenvalue weighted by molar-refractivity contribution is 14.1. The number of nitrogens with one attached hydrogen (secondary N) is 2. The number of benzene rings is 1. The van der Waals surface area contributed by atoms with Gasteiger partial charge in [0.2, 0.25) is 0 Å². The fourth-order valence-electron chi connectivity index (χ4n) is 2.12. The predicted molar refractivity (Wildman–Crippen MR) is 82.9 cm³/mol. The van der Waals surface area contributed by atoms with Crippen molar-refractivity contribution < 1.29 is 14.3 Å². The number of amides is 2. The summed E-state index contributed by atoms with van der Waals surface area (Å²) in [5.41, 5.74) is 1.85. The molecule has 6 heteroatoms. The first-order chi connectivity index (χ1) is 9.54. The number of urea groups is 1. The van der Waals surface area contributed by atoms with Crippen LogP contribution < -0.4 is 10.6 Å². The first-order valence-corrected chi connectivity index (χ1v) is 7.32. The Hall–Kier alpha value is -1.57. The number of allylic oxidation sites excluding steroid dienone is 1. The van der Waals surface area contributed by atoms with Crippen LogP contribution in [-0.2, 0) is 9.53 Å². The summed E-state index contributed by atoms with van der Waals surface area (Å²) in [4.78, 5) is 23.8. The van der Waals surface area contributed by atoms with Crippen LogP contribution in [0.1, 0.15) is 25.5 Å². The standard InChI is InChI=1S/C14H15IN2O3/c1-3-20-13(18)11-8(2)16-14(19)17-12(11)9-6-4-5-7-10(9)15/h4-7,12H,3H2,1-2H3,(H2,16,17,19)/t12-/m1/s1. The van der Waals surface area contributed by atoms with Crippen molar-refractivity contribution in [3.63, 3.8) is 0 Å². The van der Waals surface area contributed by atoms with Gasteiger partial charge in [-0.1, -0.05) is 18.2 Å². The number of carbonyl (C=O) groups is 2. The van der Waals surface area contributed by atoms with Gasteiger partial charge in [0.05, 0.1) is 18.2 Å². The zero-order valence-corrected chi connectivity index (χ0v) is 13.4. The van der Waals surface area contributed by atoms with E-state index in [1.165, 1.54) is 0 Å². The lowest BCUT2D eigenvalue weighted by Crippen LogP contribution is -2.45. The molecule has 1 heterocycles. The van der Waals surface area contributed by atoms with E-state index in [2.05, 4.69) is 33.2 Å². The van der Waals surface area contributed by atoms with Gasteiger partial charge in [0.1, 0.15) is 0 Å². The molecule has 2 amide bonds. The quantitative estimate of drug-likeness (QED) is 0.620. The molecule has 0 saturated carbocycles. The molecule has 0 unspecified atom stereocenters. The minimum Gasteiger partial charge on any atom is -0.463 e. The van der Waals surface area contributed by atoms with Crippen LogP contribution in [-0.4, -0.2) is 18.6 Å². The van der Waals surface area contributed by atoms with E-state index in [-0.39, 0.29) is 6.03 Å². The maximum Gasteiger partial charge on any atom is 0.338 e. The lowest BCUT2D eigenvalue weighted by molar-refractivity contribution is -0.139. The molecule has 2 N–H and O–H groups in total. The Morgan fingerprint density at radius 2 is 2.10 bits per heavy atom. The van der Waals surface area contributed by atoms with Crippen LogP contribution in [0, 0.1) is 3.57 Å². The summed E-state index contributed by atoms with van der Waals surface area (Å²) < 4.78 is 6.07. The molecule has 1 aliphatic rings. The van der Waals surface area contributed by atoms with Gasteiger partial charge in [0.25, 0.3) is 0 Å². The van der Waals surface area contributed by atoms with Crippen molar-refractivity contribution >= 4 is 34.6 Å². The van der Waals surface area contributed by atoms with E-state index in [0.29, 0.717) is 17.9 Å². The van der Waals surface area contributed by atoms with E-state index in [9.17, 15) is 9.59 Å². The van der Waals surface area contributed by atoms with Crippen molar-refractivity contribution in [1.82, 2.24) is 10.6 Å². The van der Waals surface area contributed by atoms with Crippen molar-refractivity contribution in [2.45, 2.75) is 19.9 Å². The largest absolute Gasteiger partial charge is 0.463 e. The molecule has 106 valence electrons. The number of hydrogen-bond donors (Lipinski definition) is 2. The second-order valence-corrected chi connectivity index (χ2v) is 5.47. The summed E-state index contributed by atoms with van der Waals surface area (Å²) >= 11 is 2.19. The van der Waals surface area contributed by atoms with Crippen molar-refractivity contribution in [2.24, 2.45) is 0 Å². The maximum atomic E-state index is 12.1. The molecule has 0 saturated heterocycles. The number of hydrogen-bond acceptors (Lipinski definition) is 3. The second-order valence-electron chi connectivity index (χ2n) is 4.31. The summed E-state index contributed by atoms with van der Waals surface area (Å²) in [6.45, 7) is 3.75. The third-order valence-electron chi connectivity index (χ3n) is 2.98. The van der Waals surface area contributed by atoms with E-state index >= 15 is 0 Å². The monoisotopic (exact) mass is 386 g/mol. The summed E-state index contributed by atoms with van der Waals surface area (Å²) in [6, 6.07) is 6.81. The van der Waals surface area contributed by atoms with Crippen LogP contribution in [0.15, 0.2) is 35.5 Å². The van der Waals surface area contributed by atoms with Crippen molar-refractivity contribution in [3.05, 3.63) is 44.7 Å².